The fourth-order valence-corrected chi connectivity index (χ4v) is 1.78. The molecule has 1 heterocycles. The lowest BCUT2D eigenvalue weighted by Crippen LogP contribution is -2.25. The van der Waals surface area contributed by atoms with E-state index in [2.05, 4.69) is 10.6 Å². The number of aliphatic hydroxyl groups excluding tert-OH is 1. The van der Waals surface area contributed by atoms with Gasteiger partial charge in [-0.25, -0.2) is 0 Å². The number of nitrogens with one attached hydrogen (secondary N) is 2. The van der Waals surface area contributed by atoms with Crippen molar-refractivity contribution in [3.8, 4) is 5.75 Å². The second-order valence-electron chi connectivity index (χ2n) is 4.18. The number of anilines is 1. The van der Waals surface area contributed by atoms with Crippen molar-refractivity contribution in [2.24, 2.45) is 0 Å². The Morgan fingerprint density at radius 2 is 2.32 bits per heavy atom. The van der Waals surface area contributed by atoms with Crippen molar-refractivity contribution in [1.82, 2.24) is 5.32 Å². The van der Waals surface area contributed by atoms with Crippen LogP contribution >= 0.6 is 0 Å². The van der Waals surface area contributed by atoms with Gasteiger partial charge in [0.05, 0.1) is 31.9 Å². The number of hydrogen-bond donors (Lipinski definition) is 3. The third-order valence-electron chi connectivity index (χ3n) is 2.74. The molecule has 0 saturated heterocycles. The molecule has 0 unspecified atom stereocenters. The number of carbonyl (C=O) groups excluding carboxylic acids is 2. The molecular formula is C13H16N2O4. The summed E-state index contributed by atoms with van der Waals surface area (Å²) >= 11 is 0. The molecule has 19 heavy (non-hydrogen) atoms. The number of ether oxygens (including phenoxy) is 1. The summed E-state index contributed by atoms with van der Waals surface area (Å²) in [5, 5.41) is 14.2. The van der Waals surface area contributed by atoms with E-state index in [1.54, 1.807) is 18.2 Å². The molecule has 2 rings (SSSR count). The Kier molecular flexibility index (Phi) is 4.48. The summed E-state index contributed by atoms with van der Waals surface area (Å²) in [6, 6.07) is 4.96. The predicted molar refractivity (Wildman–Crippen MR) is 69.5 cm³/mol. The molecule has 0 spiro atoms. The lowest BCUT2D eigenvalue weighted by molar-refractivity contribution is -0.116. The van der Waals surface area contributed by atoms with E-state index in [0.717, 1.165) is 0 Å². The Balaban J connectivity index is 2.11. The lowest BCUT2D eigenvalue weighted by Gasteiger charge is -2.09. The van der Waals surface area contributed by atoms with Crippen LogP contribution in [0.25, 0.3) is 0 Å². The van der Waals surface area contributed by atoms with Crippen molar-refractivity contribution in [2.45, 2.75) is 6.42 Å². The van der Waals surface area contributed by atoms with Gasteiger partial charge in [-0.05, 0) is 18.2 Å². The third kappa shape index (κ3) is 3.52. The van der Waals surface area contributed by atoms with E-state index < -0.39 is 0 Å². The first-order valence-electron chi connectivity index (χ1n) is 6.12. The molecule has 102 valence electrons. The van der Waals surface area contributed by atoms with Crippen LogP contribution in [-0.4, -0.2) is 43.1 Å². The molecule has 0 fully saturated rings. The Morgan fingerprint density at radius 3 is 3.11 bits per heavy atom. The summed E-state index contributed by atoms with van der Waals surface area (Å²) < 4.78 is 5.41. The molecule has 3 N–H and O–H groups in total. The second kappa shape index (κ2) is 6.31. The maximum absolute atomic E-state index is 11.9. The van der Waals surface area contributed by atoms with E-state index in [4.69, 9.17) is 9.84 Å². The average Bonchev–Trinajstić information content (AvgIpc) is 2.58. The first-order chi connectivity index (χ1) is 9.20. The first-order valence-corrected chi connectivity index (χ1v) is 6.12. The van der Waals surface area contributed by atoms with E-state index in [1.807, 2.05) is 0 Å². The smallest absolute Gasteiger partial charge is 0.227 e. The fourth-order valence-electron chi connectivity index (χ4n) is 1.78. The number of benzene rings is 1. The van der Waals surface area contributed by atoms with Gasteiger partial charge in [-0.2, -0.15) is 0 Å². The number of aliphatic hydroxyl groups is 1. The Hall–Kier alpha value is -1.92. The minimum Gasteiger partial charge on any atom is -0.491 e. The lowest BCUT2D eigenvalue weighted by atomic mass is 10.1. The molecule has 1 aromatic carbocycles. The van der Waals surface area contributed by atoms with Crippen LogP contribution in [0.4, 0.5) is 5.69 Å². The zero-order valence-corrected chi connectivity index (χ0v) is 10.4. The van der Waals surface area contributed by atoms with Gasteiger partial charge in [-0.3, -0.25) is 9.59 Å². The normalized spacial score (nSPS) is 14.1. The van der Waals surface area contributed by atoms with Crippen LogP contribution in [-0.2, 0) is 4.79 Å². The van der Waals surface area contributed by atoms with Crippen LogP contribution in [0.5, 0.6) is 5.75 Å². The third-order valence-corrected chi connectivity index (χ3v) is 2.74. The maximum atomic E-state index is 11.9. The van der Waals surface area contributed by atoms with Gasteiger partial charge in [-0.1, -0.05) is 0 Å². The van der Waals surface area contributed by atoms with Gasteiger partial charge in [-0.15, -0.1) is 0 Å². The van der Waals surface area contributed by atoms with Gasteiger partial charge >= 0.3 is 0 Å². The minimum atomic E-state index is -0.123. The number of amides is 1. The molecule has 1 aliphatic heterocycles. The highest BCUT2D eigenvalue weighted by molar-refractivity contribution is 6.00. The molecule has 0 aliphatic carbocycles. The van der Waals surface area contributed by atoms with Crippen LogP contribution in [0.2, 0.25) is 0 Å². The summed E-state index contributed by atoms with van der Waals surface area (Å²) in [5.74, 6) is 0.349. The van der Waals surface area contributed by atoms with Crippen LogP contribution in [0.15, 0.2) is 18.2 Å². The average molecular weight is 264 g/mol. The van der Waals surface area contributed by atoms with E-state index in [1.165, 1.54) is 0 Å². The molecule has 0 aromatic heterocycles. The van der Waals surface area contributed by atoms with E-state index >= 15 is 0 Å². The summed E-state index contributed by atoms with van der Waals surface area (Å²) in [7, 11) is 0. The van der Waals surface area contributed by atoms with Gasteiger partial charge in [0, 0.05) is 12.1 Å². The highest BCUT2D eigenvalue weighted by Gasteiger charge is 2.15. The zero-order chi connectivity index (χ0) is 13.7. The van der Waals surface area contributed by atoms with Crippen molar-refractivity contribution < 1.29 is 19.4 Å². The second-order valence-corrected chi connectivity index (χ2v) is 4.18. The monoisotopic (exact) mass is 264 g/mol. The first kappa shape index (κ1) is 13.5. The Morgan fingerprint density at radius 1 is 1.47 bits per heavy atom. The van der Waals surface area contributed by atoms with Crippen molar-refractivity contribution in [3.63, 3.8) is 0 Å². The van der Waals surface area contributed by atoms with Crippen molar-refractivity contribution in [3.05, 3.63) is 23.8 Å². The van der Waals surface area contributed by atoms with Gasteiger partial charge in [0.25, 0.3) is 0 Å². The van der Waals surface area contributed by atoms with Crippen molar-refractivity contribution in [1.29, 1.82) is 0 Å². The summed E-state index contributed by atoms with van der Waals surface area (Å²) in [4.78, 5) is 23.3. The maximum Gasteiger partial charge on any atom is 0.227 e. The molecule has 1 aromatic rings. The Labute approximate surface area is 110 Å². The highest BCUT2D eigenvalue weighted by Crippen LogP contribution is 2.28. The van der Waals surface area contributed by atoms with Crippen LogP contribution < -0.4 is 15.4 Å². The number of rotatable bonds is 5. The number of Topliss-reactive ketones (excluding diaryl/α,β-unsaturated/α-hetero) is 1. The predicted octanol–water partition coefficient (Wildman–Crippen LogP) is 0.172. The van der Waals surface area contributed by atoms with Gasteiger partial charge < -0.3 is 20.5 Å². The molecule has 6 nitrogen and oxygen atoms in total. The van der Waals surface area contributed by atoms with E-state index in [-0.39, 0.29) is 24.8 Å². The molecular weight excluding hydrogens is 248 g/mol. The molecule has 6 heteroatoms. The van der Waals surface area contributed by atoms with Crippen molar-refractivity contribution in [2.75, 3.05) is 31.6 Å². The molecule has 0 saturated carbocycles. The standard InChI is InChI=1S/C13H16N2O4/c16-5-4-14-8-11(17)9-1-2-12-10(7-9)15-13(18)3-6-19-12/h1-2,7,14,16H,3-6,8H2,(H,15,18). The summed E-state index contributed by atoms with van der Waals surface area (Å²) in [6.45, 7) is 0.843. The largest absolute Gasteiger partial charge is 0.491 e. The fraction of sp³-hybridized carbons (Fsp3) is 0.385. The van der Waals surface area contributed by atoms with Gasteiger partial charge in [0.2, 0.25) is 5.91 Å². The Bertz CT molecular complexity index is 488. The van der Waals surface area contributed by atoms with Crippen molar-refractivity contribution >= 4 is 17.4 Å². The molecule has 1 aliphatic rings. The van der Waals surface area contributed by atoms with E-state index in [9.17, 15) is 9.59 Å². The molecule has 0 radical (unpaired) electrons. The zero-order valence-electron chi connectivity index (χ0n) is 10.4. The van der Waals surface area contributed by atoms with E-state index in [0.29, 0.717) is 36.6 Å². The molecule has 0 bridgehead atoms. The number of fused-ring (bicyclic) bond motifs is 1. The molecule has 0 atom stereocenters. The topological polar surface area (TPSA) is 87.7 Å². The number of carbonyl (C=O) groups is 2. The number of ketones is 1. The number of hydrogen-bond acceptors (Lipinski definition) is 5. The quantitative estimate of drug-likeness (QED) is 0.521. The minimum absolute atomic E-state index is 0.0125. The SMILES string of the molecule is O=C1CCOc2ccc(C(=O)CNCCO)cc2N1. The van der Waals surface area contributed by atoms with Gasteiger partial charge in [0.15, 0.2) is 5.78 Å². The highest BCUT2D eigenvalue weighted by atomic mass is 16.5. The van der Waals surface area contributed by atoms with Crippen LogP contribution in [0.3, 0.4) is 0 Å². The van der Waals surface area contributed by atoms with Crippen LogP contribution in [0.1, 0.15) is 16.8 Å². The van der Waals surface area contributed by atoms with Gasteiger partial charge in [0.1, 0.15) is 5.75 Å². The summed E-state index contributed by atoms with van der Waals surface area (Å²) in [6.07, 6.45) is 0.302. The van der Waals surface area contributed by atoms with Crippen LogP contribution in [0, 0.1) is 0 Å². The summed E-state index contributed by atoms with van der Waals surface area (Å²) in [5.41, 5.74) is 1.02. The molecule has 1 amide bonds.